The maximum Gasteiger partial charge on any atom is 0.254 e. The number of amides is 1. The number of carbonyl (C=O) groups excluding carboxylic acids is 1. The fourth-order valence-electron chi connectivity index (χ4n) is 4.01. The van der Waals surface area contributed by atoms with E-state index < -0.39 is 5.82 Å². The second-order valence-corrected chi connectivity index (χ2v) is 8.49. The second kappa shape index (κ2) is 9.18. The number of nitrogens with zero attached hydrogens (tertiary/aromatic N) is 5. The highest BCUT2D eigenvalue weighted by Gasteiger charge is 2.19. The summed E-state index contributed by atoms with van der Waals surface area (Å²) in [4.78, 5) is 18.6. The highest BCUT2D eigenvalue weighted by atomic mass is 19.1. The molecule has 8 nitrogen and oxygen atoms in total. The molecule has 174 valence electrons. The molecule has 34 heavy (non-hydrogen) atoms. The summed E-state index contributed by atoms with van der Waals surface area (Å²) in [6, 6.07) is 14.4. The van der Waals surface area contributed by atoms with Gasteiger partial charge in [0.1, 0.15) is 17.2 Å². The van der Waals surface area contributed by atoms with Gasteiger partial charge in [0, 0.05) is 30.9 Å². The summed E-state index contributed by atoms with van der Waals surface area (Å²) >= 11 is 0. The molecule has 2 aromatic heterocycles. The number of hydrogen-bond donors (Lipinski definition) is 1. The standard InChI is InChI=1S/C25H25FN6O2/c1-16(2)32-23-14-17(3-6-22(23)29-30-32)18-7-8-27-24(15-18)28-21-5-4-19(13-20(21)26)25(33)31-9-11-34-12-10-31/h3-8,13-16H,9-12H2,1-2H3,(H,27,28). The third kappa shape index (κ3) is 4.34. The van der Waals surface area contributed by atoms with Crippen molar-refractivity contribution < 1.29 is 13.9 Å². The van der Waals surface area contributed by atoms with Crippen molar-refractivity contribution in [3.63, 3.8) is 0 Å². The number of anilines is 2. The molecule has 5 rings (SSSR count). The van der Waals surface area contributed by atoms with Crippen molar-refractivity contribution in [3.8, 4) is 11.1 Å². The molecule has 0 aliphatic carbocycles. The minimum absolute atomic E-state index is 0.191. The minimum atomic E-state index is -0.514. The highest BCUT2D eigenvalue weighted by molar-refractivity contribution is 5.94. The van der Waals surface area contributed by atoms with E-state index in [1.165, 1.54) is 6.07 Å². The first-order valence-corrected chi connectivity index (χ1v) is 11.2. The monoisotopic (exact) mass is 460 g/mol. The fourth-order valence-corrected chi connectivity index (χ4v) is 4.01. The van der Waals surface area contributed by atoms with Crippen LogP contribution in [0.5, 0.6) is 0 Å². The molecule has 4 aromatic rings. The molecule has 0 unspecified atom stereocenters. The van der Waals surface area contributed by atoms with Crippen LogP contribution in [0, 0.1) is 5.82 Å². The molecule has 1 N–H and O–H groups in total. The van der Waals surface area contributed by atoms with Crippen LogP contribution in [0.3, 0.4) is 0 Å². The van der Waals surface area contributed by atoms with Gasteiger partial charge in [0.25, 0.3) is 5.91 Å². The topological polar surface area (TPSA) is 85.2 Å². The van der Waals surface area contributed by atoms with Crippen molar-refractivity contribution in [2.75, 3.05) is 31.6 Å². The van der Waals surface area contributed by atoms with Crippen molar-refractivity contribution in [2.24, 2.45) is 0 Å². The quantitative estimate of drug-likeness (QED) is 0.474. The Morgan fingerprint density at radius 1 is 1.06 bits per heavy atom. The van der Waals surface area contributed by atoms with Gasteiger partial charge in [-0.2, -0.15) is 0 Å². The first-order chi connectivity index (χ1) is 16.5. The van der Waals surface area contributed by atoms with Gasteiger partial charge in [-0.15, -0.1) is 5.10 Å². The molecule has 2 aromatic carbocycles. The average molecular weight is 461 g/mol. The predicted molar refractivity (Wildman–Crippen MR) is 128 cm³/mol. The van der Waals surface area contributed by atoms with E-state index in [0.29, 0.717) is 37.7 Å². The van der Waals surface area contributed by atoms with E-state index >= 15 is 0 Å². The zero-order valence-corrected chi connectivity index (χ0v) is 19.0. The number of pyridine rings is 1. The van der Waals surface area contributed by atoms with Crippen LogP contribution in [0.4, 0.5) is 15.9 Å². The molecule has 1 amide bonds. The summed E-state index contributed by atoms with van der Waals surface area (Å²) in [6.07, 6.45) is 1.67. The minimum Gasteiger partial charge on any atom is -0.378 e. The number of aromatic nitrogens is 4. The lowest BCUT2D eigenvalue weighted by atomic mass is 10.1. The molecule has 9 heteroatoms. The van der Waals surface area contributed by atoms with Gasteiger partial charge in [-0.25, -0.2) is 14.1 Å². The van der Waals surface area contributed by atoms with Crippen molar-refractivity contribution in [2.45, 2.75) is 19.9 Å². The first-order valence-electron chi connectivity index (χ1n) is 11.2. The van der Waals surface area contributed by atoms with Gasteiger partial charge in [-0.1, -0.05) is 11.3 Å². The molecular weight excluding hydrogens is 435 g/mol. The lowest BCUT2D eigenvalue weighted by molar-refractivity contribution is 0.0302. The number of carbonyl (C=O) groups is 1. The van der Waals surface area contributed by atoms with Crippen LogP contribution in [0.1, 0.15) is 30.2 Å². The van der Waals surface area contributed by atoms with Crippen LogP contribution in [-0.2, 0) is 4.74 Å². The van der Waals surface area contributed by atoms with Crippen LogP contribution in [-0.4, -0.2) is 57.1 Å². The van der Waals surface area contributed by atoms with Crippen molar-refractivity contribution in [1.82, 2.24) is 24.9 Å². The zero-order valence-electron chi connectivity index (χ0n) is 19.0. The Labute approximate surface area is 196 Å². The number of hydrogen-bond acceptors (Lipinski definition) is 6. The van der Waals surface area contributed by atoms with Gasteiger partial charge in [-0.05, 0) is 67.4 Å². The SMILES string of the molecule is CC(C)n1nnc2ccc(-c3ccnc(Nc4ccc(C(=O)N5CCOCC5)cc4F)c3)cc21. The maximum atomic E-state index is 14.8. The summed E-state index contributed by atoms with van der Waals surface area (Å²) < 4.78 is 22.0. The van der Waals surface area contributed by atoms with Gasteiger partial charge in [0.05, 0.1) is 24.4 Å². The van der Waals surface area contributed by atoms with E-state index in [0.717, 1.165) is 22.2 Å². The zero-order chi connectivity index (χ0) is 23.7. The number of rotatable bonds is 5. The molecular formula is C25H25FN6O2. The molecule has 0 radical (unpaired) electrons. The lowest BCUT2D eigenvalue weighted by Gasteiger charge is -2.27. The van der Waals surface area contributed by atoms with Gasteiger partial charge < -0.3 is 15.0 Å². The van der Waals surface area contributed by atoms with Crippen LogP contribution in [0.15, 0.2) is 54.7 Å². The molecule has 3 heterocycles. The Kier molecular flexibility index (Phi) is 5.93. The average Bonchev–Trinajstić information content (AvgIpc) is 3.29. The highest BCUT2D eigenvalue weighted by Crippen LogP contribution is 2.28. The maximum absolute atomic E-state index is 14.8. The van der Waals surface area contributed by atoms with E-state index in [4.69, 9.17) is 4.74 Å². The number of morpholine rings is 1. The molecule has 1 saturated heterocycles. The number of ether oxygens (including phenoxy) is 1. The lowest BCUT2D eigenvalue weighted by Crippen LogP contribution is -2.40. The molecule has 1 aliphatic heterocycles. The Hall–Kier alpha value is -3.85. The summed E-state index contributed by atoms with van der Waals surface area (Å²) in [6.45, 7) is 6.14. The Bertz CT molecular complexity index is 1350. The number of benzene rings is 2. The molecule has 0 spiro atoms. The number of nitrogens with one attached hydrogen (secondary N) is 1. The van der Waals surface area contributed by atoms with E-state index in [9.17, 15) is 9.18 Å². The summed E-state index contributed by atoms with van der Waals surface area (Å²) in [7, 11) is 0. The molecule has 0 atom stereocenters. The smallest absolute Gasteiger partial charge is 0.254 e. The first kappa shape index (κ1) is 22.0. The van der Waals surface area contributed by atoms with E-state index in [2.05, 4.69) is 34.5 Å². The largest absolute Gasteiger partial charge is 0.378 e. The molecule has 0 bridgehead atoms. The van der Waals surface area contributed by atoms with Crippen LogP contribution in [0.25, 0.3) is 22.2 Å². The van der Waals surface area contributed by atoms with Crippen molar-refractivity contribution in [3.05, 3.63) is 66.1 Å². The van der Waals surface area contributed by atoms with Crippen LogP contribution >= 0.6 is 0 Å². The van der Waals surface area contributed by atoms with Crippen LogP contribution < -0.4 is 5.32 Å². The summed E-state index contributed by atoms with van der Waals surface area (Å²) in [5.41, 5.74) is 4.25. The van der Waals surface area contributed by atoms with Gasteiger partial charge in [-0.3, -0.25) is 4.79 Å². The Balaban J connectivity index is 1.37. The van der Waals surface area contributed by atoms with Crippen LogP contribution in [0.2, 0.25) is 0 Å². The fraction of sp³-hybridized carbons (Fsp3) is 0.280. The number of halogens is 1. The van der Waals surface area contributed by atoms with E-state index in [-0.39, 0.29) is 17.6 Å². The predicted octanol–water partition coefficient (Wildman–Crippen LogP) is 4.43. The molecule has 1 fully saturated rings. The molecule has 0 saturated carbocycles. The third-order valence-corrected chi connectivity index (χ3v) is 5.83. The van der Waals surface area contributed by atoms with E-state index in [1.54, 1.807) is 23.2 Å². The van der Waals surface area contributed by atoms with Gasteiger partial charge in [0.15, 0.2) is 0 Å². The second-order valence-electron chi connectivity index (χ2n) is 8.49. The number of fused-ring (bicyclic) bond motifs is 1. The normalized spacial score (nSPS) is 14.1. The Morgan fingerprint density at radius 3 is 2.62 bits per heavy atom. The Morgan fingerprint density at radius 2 is 1.85 bits per heavy atom. The van der Waals surface area contributed by atoms with Gasteiger partial charge >= 0.3 is 0 Å². The summed E-state index contributed by atoms with van der Waals surface area (Å²) in [5, 5.41) is 11.5. The summed E-state index contributed by atoms with van der Waals surface area (Å²) in [5.74, 6) is -0.210. The third-order valence-electron chi connectivity index (χ3n) is 5.83. The van der Waals surface area contributed by atoms with Crippen molar-refractivity contribution >= 4 is 28.4 Å². The van der Waals surface area contributed by atoms with Crippen molar-refractivity contribution in [1.29, 1.82) is 0 Å². The van der Waals surface area contributed by atoms with Gasteiger partial charge in [0.2, 0.25) is 0 Å². The van der Waals surface area contributed by atoms with E-state index in [1.807, 2.05) is 35.0 Å². The molecule has 1 aliphatic rings.